The van der Waals surface area contributed by atoms with Gasteiger partial charge in [0, 0.05) is 12.7 Å². The molecule has 0 N–H and O–H groups in total. The van der Waals surface area contributed by atoms with Crippen molar-refractivity contribution in [3.05, 3.63) is 10.4 Å². The molecule has 0 aliphatic rings. The van der Waals surface area contributed by atoms with Crippen LogP contribution >= 0.6 is 11.3 Å². The molecule has 1 atom stereocenters. The van der Waals surface area contributed by atoms with Crippen molar-refractivity contribution in [1.29, 1.82) is 5.26 Å². The molecule has 1 rings (SSSR count). The molecule has 6 heteroatoms. The molecule has 0 amide bonds. The topological polar surface area (TPSA) is 67.2 Å². The van der Waals surface area contributed by atoms with E-state index in [0.29, 0.717) is 14.8 Å². The molecular weight excluding hydrogens is 246 g/mol. The van der Waals surface area contributed by atoms with Gasteiger partial charge in [0.2, 0.25) is 0 Å². The van der Waals surface area contributed by atoms with Crippen LogP contribution in [-0.2, 0) is 10.8 Å². The number of Topliss-reactive ketones (excluding diaryl/α,β-unsaturated/α-hetero) is 1. The highest BCUT2D eigenvalue weighted by Crippen LogP contribution is 2.37. The first kappa shape index (κ1) is 12.9. The Morgan fingerprint density at radius 2 is 2.25 bits per heavy atom. The average Bonchev–Trinajstić information content (AvgIpc) is 2.66. The maximum absolute atomic E-state index is 11.7. The second kappa shape index (κ2) is 5.23. The van der Waals surface area contributed by atoms with Crippen molar-refractivity contribution >= 4 is 27.9 Å². The van der Waals surface area contributed by atoms with Gasteiger partial charge in [-0.05, 0) is 0 Å². The fraction of sp³-hybridized carbons (Fsp3) is 0.400. The molecule has 0 bridgehead atoms. The lowest BCUT2D eigenvalue weighted by Crippen LogP contribution is -1.95. The van der Waals surface area contributed by atoms with Gasteiger partial charge in [-0.2, -0.15) is 5.26 Å². The molecule has 0 spiro atoms. The van der Waals surface area contributed by atoms with E-state index in [1.54, 1.807) is 6.92 Å². The van der Waals surface area contributed by atoms with Gasteiger partial charge in [-0.15, -0.1) is 11.3 Å². The van der Waals surface area contributed by atoms with E-state index >= 15 is 0 Å². The van der Waals surface area contributed by atoms with Gasteiger partial charge in [0.25, 0.3) is 0 Å². The molecule has 1 unspecified atom stereocenters. The Morgan fingerprint density at radius 1 is 1.62 bits per heavy atom. The summed E-state index contributed by atoms with van der Waals surface area (Å²) in [7, 11) is 0.151. The number of hydrogen-bond donors (Lipinski definition) is 0. The molecule has 0 aromatic carbocycles. The first-order valence-corrected chi connectivity index (χ1v) is 6.70. The van der Waals surface area contributed by atoms with E-state index < -0.39 is 10.8 Å². The summed E-state index contributed by atoms with van der Waals surface area (Å²) in [5.41, 5.74) is 0.220. The lowest BCUT2D eigenvalue weighted by atomic mass is 10.2. The smallest absolute Gasteiger partial charge is 0.173 e. The molecule has 4 nitrogen and oxygen atoms in total. The number of nitrogens with zero attached hydrogens (tertiary/aromatic N) is 1. The van der Waals surface area contributed by atoms with Crippen LogP contribution in [0.2, 0.25) is 0 Å². The number of ketones is 1. The summed E-state index contributed by atoms with van der Waals surface area (Å²) in [6, 6.07) is 1.95. The number of carbonyl (C=O) groups excluding carboxylic acids is 1. The van der Waals surface area contributed by atoms with Gasteiger partial charge in [0.05, 0.1) is 17.9 Å². The Labute approximate surface area is 100 Å². The van der Waals surface area contributed by atoms with Crippen molar-refractivity contribution in [3.63, 3.8) is 0 Å². The van der Waals surface area contributed by atoms with Gasteiger partial charge in [-0.3, -0.25) is 9.00 Å². The third kappa shape index (κ3) is 2.15. The maximum atomic E-state index is 11.7. The average molecular weight is 257 g/mol. The standard InChI is InChI=1S/C10H11NO3S2/c1-4-16(13)10-7(5-11)8(14-3)9(15-10)6(2)12/h4H2,1-3H3. The minimum atomic E-state index is -1.25. The Hall–Kier alpha value is -1.19. The van der Waals surface area contributed by atoms with Crippen LogP contribution in [0.25, 0.3) is 0 Å². The molecule has 0 fully saturated rings. The minimum absolute atomic E-state index is 0.183. The predicted molar refractivity (Wildman–Crippen MR) is 62.5 cm³/mol. The van der Waals surface area contributed by atoms with Crippen LogP contribution in [0.4, 0.5) is 0 Å². The number of hydrogen-bond acceptors (Lipinski definition) is 5. The fourth-order valence-corrected chi connectivity index (χ4v) is 3.66. The van der Waals surface area contributed by atoms with Gasteiger partial charge in [-0.25, -0.2) is 0 Å². The Morgan fingerprint density at radius 3 is 2.62 bits per heavy atom. The Balaban J connectivity index is 3.48. The maximum Gasteiger partial charge on any atom is 0.173 e. The van der Waals surface area contributed by atoms with Crippen molar-refractivity contribution < 1.29 is 13.7 Å². The number of rotatable bonds is 4. The van der Waals surface area contributed by atoms with Crippen LogP contribution in [-0.4, -0.2) is 22.9 Å². The number of carbonyl (C=O) groups is 1. The largest absolute Gasteiger partial charge is 0.494 e. The third-order valence-corrected chi connectivity index (χ3v) is 4.95. The van der Waals surface area contributed by atoms with Crippen molar-refractivity contribution in [2.45, 2.75) is 18.1 Å². The first-order chi connectivity index (χ1) is 7.56. The minimum Gasteiger partial charge on any atom is -0.494 e. The number of ether oxygens (including phenoxy) is 1. The summed E-state index contributed by atoms with van der Waals surface area (Å²) >= 11 is 1.08. The summed E-state index contributed by atoms with van der Waals surface area (Å²) < 4.78 is 17.2. The predicted octanol–water partition coefficient (Wildman–Crippen LogP) is 1.96. The molecule has 0 aliphatic heterocycles. The normalized spacial score (nSPS) is 11.9. The lowest BCUT2D eigenvalue weighted by molar-refractivity contribution is 0.101. The highest BCUT2D eigenvalue weighted by molar-refractivity contribution is 7.87. The van der Waals surface area contributed by atoms with E-state index in [-0.39, 0.29) is 17.1 Å². The van der Waals surface area contributed by atoms with Crippen LogP contribution in [0.15, 0.2) is 4.21 Å². The Bertz CT molecular complexity index is 485. The third-order valence-electron chi connectivity index (χ3n) is 1.94. The molecule has 0 saturated carbocycles. The van der Waals surface area contributed by atoms with Crippen molar-refractivity contribution in [2.24, 2.45) is 0 Å². The molecular formula is C10H11NO3S2. The number of methoxy groups -OCH3 is 1. The second-order valence-corrected chi connectivity index (χ2v) is 5.88. The van der Waals surface area contributed by atoms with Crippen LogP contribution in [0.3, 0.4) is 0 Å². The zero-order chi connectivity index (χ0) is 12.3. The highest BCUT2D eigenvalue weighted by atomic mass is 32.2. The summed E-state index contributed by atoms with van der Waals surface area (Å²) in [5.74, 6) is 0.477. The van der Waals surface area contributed by atoms with Crippen molar-refractivity contribution in [2.75, 3.05) is 12.9 Å². The quantitative estimate of drug-likeness (QED) is 0.773. The van der Waals surface area contributed by atoms with Crippen LogP contribution < -0.4 is 4.74 Å². The van der Waals surface area contributed by atoms with Gasteiger partial charge < -0.3 is 4.74 Å². The van der Waals surface area contributed by atoms with Gasteiger partial charge in [-0.1, -0.05) is 6.92 Å². The molecule has 1 aromatic rings. The molecule has 0 saturated heterocycles. The van der Waals surface area contributed by atoms with E-state index in [0.717, 1.165) is 11.3 Å². The summed E-state index contributed by atoms with van der Waals surface area (Å²) in [4.78, 5) is 11.7. The van der Waals surface area contributed by atoms with E-state index in [9.17, 15) is 9.00 Å². The van der Waals surface area contributed by atoms with Gasteiger partial charge >= 0.3 is 0 Å². The highest BCUT2D eigenvalue weighted by Gasteiger charge is 2.24. The first-order valence-electron chi connectivity index (χ1n) is 4.56. The van der Waals surface area contributed by atoms with E-state index in [4.69, 9.17) is 10.00 Å². The van der Waals surface area contributed by atoms with Crippen LogP contribution in [0, 0.1) is 11.3 Å². The van der Waals surface area contributed by atoms with E-state index in [1.807, 2.05) is 6.07 Å². The van der Waals surface area contributed by atoms with Crippen molar-refractivity contribution in [3.8, 4) is 11.8 Å². The summed E-state index contributed by atoms with van der Waals surface area (Å²) in [5, 5.41) is 9.00. The zero-order valence-electron chi connectivity index (χ0n) is 9.20. The van der Waals surface area contributed by atoms with Crippen molar-refractivity contribution in [1.82, 2.24) is 0 Å². The molecule has 1 aromatic heterocycles. The number of nitriles is 1. The lowest BCUT2D eigenvalue weighted by Gasteiger charge is -1.98. The van der Waals surface area contributed by atoms with Crippen LogP contribution in [0.1, 0.15) is 29.1 Å². The van der Waals surface area contributed by atoms with E-state index in [1.165, 1.54) is 14.0 Å². The van der Waals surface area contributed by atoms with Gasteiger partial charge in [0.15, 0.2) is 11.5 Å². The zero-order valence-corrected chi connectivity index (χ0v) is 10.8. The number of thiophene rings is 1. The summed E-state index contributed by atoms with van der Waals surface area (Å²) in [6.45, 7) is 3.16. The molecule has 0 radical (unpaired) electrons. The monoisotopic (exact) mass is 257 g/mol. The second-order valence-electron chi connectivity index (χ2n) is 2.93. The van der Waals surface area contributed by atoms with Crippen LogP contribution in [0.5, 0.6) is 5.75 Å². The molecule has 0 aliphatic carbocycles. The SMILES string of the molecule is CCS(=O)c1sc(C(C)=O)c(OC)c1C#N. The molecule has 1 heterocycles. The Kier molecular flexibility index (Phi) is 4.21. The van der Waals surface area contributed by atoms with E-state index in [2.05, 4.69) is 0 Å². The molecule has 16 heavy (non-hydrogen) atoms. The molecule has 86 valence electrons. The van der Waals surface area contributed by atoms with Gasteiger partial charge in [0.1, 0.15) is 20.7 Å². The summed E-state index contributed by atoms with van der Waals surface area (Å²) in [6.07, 6.45) is 0. The fourth-order valence-electron chi connectivity index (χ4n) is 1.21.